The van der Waals surface area contributed by atoms with Gasteiger partial charge in [-0.3, -0.25) is 9.80 Å². The Morgan fingerprint density at radius 3 is 2.23 bits per heavy atom. The van der Waals surface area contributed by atoms with Crippen LogP contribution < -0.4 is 5.32 Å². The molecule has 0 radical (unpaired) electrons. The summed E-state index contributed by atoms with van der Waals surface area (Å²) in [5.74, 6) is -2.51. The minimum absolute atomic E-state index is 0.0972. The van der Waals surface area contributed by atoms with Crippen molar-refractivity contribution in [3.8, 4) is 0 Å². The van der Waals surface area contributed by atoms with Gasteiger partial charge in [0.05, 0.1) is 19.8 Å². The highest BCUT2D eigenvalue weighted by Gasteiger charge is 2.29. The second kappa shape index (κ2) is 13.9. The Bertz CT molecular complexity index is 994. The van der Waals surface area contributed by atoms with Crippen molar-refractivity contribution in [3.63, 3.8) is 0 Å². The Balaban J connectivity index is 0.000000371. The number of carboxylic acids is 2. The summed E-state index contributed by atoms with van der Waals surface area (Å²) in [5, 5.41) is 28.2. The fourth-order valence-electron chi connectivity index (χ4n) is 3.85. The summed E-state index contributed by atoms with van der Waals surface area (Å²) >= 11 is 1.85. The molecule has 0 aliphatic carbocycles. The summed E-state index contributed by atoms with van der Waals surface area (Å²) in [7, 11) is 0. The number of ether oxygens (including phenoxy) is 1. The van der Waals surface area contributed by atoms with Crippen molar-refractivity contribution in [2.24, 2.45) is 0 Å². The van der Waals surface area contributed by atoms with E-state index in [1.807, 2.05) is 11.8 Å². The number of rotatable bonds is 8. The molecule has 0 bridgehead atoms. The van der Waals surface area contributed by atoms with E-state index in [0.717, 1.165) is 32.7 Å². The second-order valence-electron chi connectivity index (χ2n) is 7.91. The van der Waals surface area contributed by atoms with E-state index in [1.54, 1.807) is 0 Å². The molecule has 188 valence electrons. The number of para-hydroxylation sites is 1. The third-order valence-electron chi connectivity index (χ3n) is 5.54. The van der Waals surface area contributed by atoms with Crippen LogP contribution in [0.4, 0.5) is 5.69 Å². The highest BCUT2D eigenvalue weighted by atomic mass is 32.2. The molecule has 1 fully saturated rings. The third kappa shape index (κ3) is 8.37. The van der Waals surface area contributed by atoms with E-state index >= 15 is 0 Å². The largest absolute Gasteiger partial charge is 0.478 e. The summed E-state index contributed by atoms with van der Waals surface area (Å²) in [6.07, 6.45) is 1.31. The molecule has 2 heterocycles. The number of aliphatic carboxylic acids is 2. The van der Waals surface area contributed by atoms with Crippen LogP contribution in [0.15, 0.2) is 70.5 Å². The Labute approximate surface area is 209 Å². The summed E-state index contributed by atoms with van der Waals surface area (Å²) in [4.78, 5) is 26.7. The third-order valence-corrected chi connectivity index (χ3v) is 6.71. The maximum absolute atomic E-state index is 9.55. The van der Waals surface area contributed by atoms with E-state index in [4.69, 9.17) is 20.1 Å². The van der Waals surface area contributed by atoms with Gasteiger partial charge in [-0.1, -0.05) is 42.1 Å². The van der Waals surface area contributed by atoms with Crippen LogP contribution in [-0.2, 0) is 14.3 Å². The van der Waals surface area contributed by atoms with E-state index < -0.39 is 11.9 Å². The van der Waals surface area contributed by atoms with Gasteiger partial charge in [0.2, 0.25) is 0 Å². The molecule has 35 heavy (non-hydrogen) atoms. The molecule has 2 aliphatic heterocycles. The number of nitrogens with one attached hydrogen (secondary N) is 1. The molecule has 2 aromatic carbocycles. The number of aliphatic hydroxyl groups excluding tert-OH is 1. The van der Waals surface area contributed by atoms with Crippen LogP contribution in [0.2, 0.25) is 0 Å². The van der Waals surface area contributed by atoms with Gasteiger partial charge in [-0.15, -0.1) is 0 Å². The molecule has 4 N–H and O–H groups in total. The molecule has 10 heteroatoms. The first kappa shape index (κ1) is 26.7. The number of fused-ring (bicyclic) bond motifs is 2. The number of hydrogen-bond acceptors (Lipinski definition) is 8. The maximum atomic E-state index is 9.55. The van der Waals surface area contributed by atoms with Crippen molar-refractivity contribution in [2.75, 3.05) is 57.9 Å². The lowest BCUT2D eigenvalue weighted by atomic mass is 10.1. The van der Waals surface area contributed by atoms with Gasteiger partial charge in [0.15, 0.2) is 0 Å². The van der Waals surface area contributed by atoms with E-state index in [0.29, 0.717) is 25.4 Å². The summed E-state index contributed by atoms with van der Waals surface area (Å²) in [5.41, 5.74) is 2.57. The summed E-state index contributed by atoms with van der Waals surface area (Å²) in [6, 6.07) is 17.3. The quantitative estimate of drug-likeness (QED) is 0.317. The monoisotopic (exact) mass is 501 g/mol. The second-order valence-corrected chi connectivity index (χ2v) is 8.99. The number of aliphatic hydroxyl groups is 1. The molecule has 0 saturated carbocycles. The topological polar surface area (TPSA) is 123 Å². The van der Waals surface area contributed by atoms with Crippen molar-refractivity contribution < 1.29 is 29.6 Å². The van der Waals surface area contributed by atoms with Crippen molar-refractivity contribution in [2.45, 2.75) is 16.0 Å². The minimum atomic E-state index is -1.26. The molecule has 1 unspecified atom stereocenters. The molecule has 1 atom stereocenters. The van der Waals surface area contributed by atoms with Crippen molar-refractivity contribution in [1.82, 2.24) is 9.80 Å². The standard InChI is InChI=1S/C21H27N3O2S.C4H4O4/c25-14-16-26-15-13-23-9-11-24(12-10-23)21-17-5-1-3-7-19(17)27-20-8-4-2-6-18(20)22-21;5-3(6)1-2-4(7)8/h1-8,21-22,25H,9-16H2;1-2H,(H,5,6)(H,7,8)/b;2-1-. The number of anilines is 1. The molecular formula is C25H31N3O6S. The Morgan fingerprint density at radius 1 is 0.943 bits per heavy atom. The molecule has 2 aromatic rings. The van der Waals surface area contributed by atoms with Gasteiger partial charge in [0.25, 0.3) is 0 Å². The van der Waals surface area contributed by atoms with E-state index in [-0.39, 0.29) is 12.8 Å². The van der Waals surface area contributed by atoms with E-state index in [1.165, 1.54) is 21.0 Å². The van der Waals surface area contributed by atoms with Gasteiger partial charge in [0, 0.05) is 65.9 Å². The van der Waals surface area contributed by atoms with Crippen LogP contribution in [0.25, 0.3) is 0 Å². The smallest absolute Gasteiger partial charge is 0.328 e. The molecule has 0 aromatic heterocycles. The lowest BCUT2D eigenvalue weighted by Crippen LogP contribution is -2.49. The molecule has 1 saturated heterocycles. The first-order valence-electron chi connectivity index (χ1n) is 11.4. The van der Waals surface area contributed by atoms with E-state index in [9.17, 15) is 9.59 Å². The number of piperazine rings is 1. The predicted molar refractivity (Wildman–Crippen MR) is 134 cm³/mol. The van der Waals surface area contributed by atoms with Crippen molar-refractivity contribution in [1.29, 1.82) is 0 Å². The van der Waals surface area contributed by atoms with Gasteiger partial charge in [-0.25, -0.2) is 9.59 Å². The zero-order valence-corrected chi connectivity index (χ0v) is 20.2. The van der Waals surface area contributed by atoms with Gasteiger partial charge < -0.3 is 25.4 Å². The van der Waals surface area contributed by atoms with Gasteiger partial charge >= 0.3 is 11.9 Å². The predicted octanol–water partition coefficient (Wildman–Crippen LogP) is 2.60. The SMILES string of the molecule is O=C(O)/C=C\C(=O)O.OCCOCCN1CCN(C2Nc3ccccc3Sc3ccccc32)CC1. The highest BCUT2D eigenvalue weighted by molar-refractivity contribution is 7.99. The molecule has 9 nitrogen and oxygen atoms in total. The zero-order valence-electron chi connectivity index (χ0n) is 19.4. The minimum Gasteiger partial charge on any atom is -0.478 e. The summed E-state index contributed by atoms with van der Waals surface area (Å²) in [6.45, 7) is 6.28. The fraction of sp³-hybridized carbons (Fsp3) is 0.360. The molecule has 2 aliphatic rings. The van der Waals surface area contributed by atoms with E-state index in [2.05, 4.69) is 63.6 Å². The number of benzene rings is 2. The lowest BCUT2D eigenvalue weighted by Gasteiger charge is -2.40. The lowest BCUT2D eigenvalue weighted by molar-refractivity contribution is -0.134. The van der Waals surface area contributed by atoms with Gasteiger partial charge in [-0.2, -0.15) is 0 Å². The van der Waals surface area contributed by atoms with Gasteiger partial charge in [-0.05, 0) is 18.2 Å². The van der Waals surface area contributed by atoms with Crippen molar-refractivity contribution >= 4 is 29.4 Å². The molecule has 0 spiro atoms. The Morgan fingerprint density at radius 2 is 1.57 bits per heavy atom. The number of nitrogens with zero attached hydrogens (tertiary/aromatic N) is 2. The van der Waals surface area contributed by atoms with Crippen LogP contribution in [0, 0.1) is 0 Å². The first-order valence-corrected chi connectivity index (χ1v) is 12.2. The van der Waals surface area contributed by atoms with Crippen molar-refractivity contribution in [3.05, 3.63) is 66.2 Å². The molecular weight excluding hydrogens is 470 g/mol. The summed E-state index contributed by atoms with van der Waals surface area (Å²) < 4.78 is 5.41. The van der Waals surface area contributed by atoms with Crippen LogP contribution in [0.5, 0.6) is 0 Å². The zero-order chi connectivity index (χ0) is 25.0. The first-order chi connectivity index (χ1) is 17.0. The number of hydrogen-bond donors (Lipinski definition) is 4. The average Bonchev–Trinajstić information content (AvgIpc) is 3.03. The number of carboxylic acid groups (broad SMARTS) is 2. The molecule has 0 amide bonds. The Kier molecular flexibility index (Phi) is 10.6. The van der Waals surface area contributed by atoms with Crippen LogP contribution >= 0.6 is 11.8 Å². The maximum Gasteiger partial charge on any atom is 0.328 e. The van der Waals surface area contributed by atoms with Gasteiger partial charge in [0.1, 0.15) is 6.17 Å². The van der Waals surface area contributed by atoms with Crippen LogP contribution in [-0.4, -0.2) is 89.6 Å². The number of carbonyl (C=O) groups is 2. The Hall–Kier alpha value is -2.89. The highest BCUT2D eigenvalue weighted by Crippen LogP contribution is 2.43. The molecule has 4 rings (SSSR count). The van der Waals surface area contributed by atoms with Crippen LogP contribution in [0.1, 0.15) is 11.7 Å². The average molecular weight is 502 g/mol. The fourth-order valence-corrected chi connectivity index (χ4v) is 4.92. The normalized spacial score (nSPS) is 17.9. The van der Waals surface area contributed by atoms with Crippen LogP contribution in [0.3, 0.4) is 0 Å².